The van der Waals surface area contributed by atoms with E-state index in [-0.39, 0.29) is 46.7 Å². The lowest BCUT2D eigenvalue weighted by Gasteiger charge is -2.53. The Bertz CT molecular complexity index is 1330. The molecule has 1 aromatic rings. The van der Waals surface area contributed by atoms with Crippen molar-refractivity contribution in [1.29, 1.82) is 0 Å². The van der Waals surface area contributed by atoms with Crippen LogP contribution in [-0.2, 0) is 27.2 Å². The zero-order valence-corrected chi connectivity index (χ0v) is 26.1. The van der Waals surface area contributed by atoms with Crippen LogP contribution in [0.4, 0.5) is 0 Å². The first-order valence-corrected chi connectivity index (χ1v) is 15.4. The molecule has 4 N–H and O–H groups in total. The highest BCUT2D eigenvalue weighted by molar-refractivity contribution is 6.33. The number of nitrogens with zero attached hydrogens (tertiary/aromatic N) is 2. The third-order valence-electron chi connectivity index (χ3n) is 10.2. The molecule has 1 fully saturated rings. The Balaban J connectivity index is 1.61. The number of ketones is 1. The van der Waals surface area contributed by atoms with E-state index in [0.717, 1.165) is 24.9 Å². The van der Waals surface area contributed by atoms with Gasteiger partial charge in [-0.1, -0.05) is 37.8 Å². The molecule has 4 aliphatic carbocycles. The molecule has 0 heterocycles. The van der Waals surface area contributed by atoms with E-state index in [1.165, 1.54) is 33.5 Å². The predicted octanol–water partition coefficient (Wildman–Crippen LogP) is 4.49. The van der Waals surface area contributed by atoms with Gasteiger partial charge in [-0.05, 0) is 69.4 Å². The van der Waals surface area contributed by atoms with E-state index in [0.29, 0.717) is 47.3 Å². The number of primary amides is 1. The SMILES string of the molecule is CCN(Cc1cc(O)c2c(c1Cl)C[C@H]1C[C@H]3[C@H](N(C)C)C(O)=C(C(N)=O)C[C@@]3(OC)C(OC)=C1C2=O)C1CCCCC1. The van der Waals surface area contributed by atoms with Gasteiger partial charge in [0.05, 0.1) is 24.3 Å². The molecule has 0 aromatic heterocycles. The molecule has 0 saturated heterocycles. The Kier molecular flexibility index (Phi) is 8.69. The van der Waals surface area contributed by atoms with Gasteiger partial charge in [-0.2, -0.15) is 0 Å². The second-order valence-electron chi connectivity index (χ2n) is 12.5. The normalized spacial score (nSPS) is 28.2. The number of amides is 1. The van der Waals surface area contributed by atoms with Gasteiger partial charge in [0, 0.05) is 42.6 Å². The van der Waals surface area contributed by atoms with Crippen molar-refractivity contribution in [3.05, 3.63) is 50.4 Å². The molecule has 4 atom stereocenters. The lowest BCUT2D eigenvalue weighted by molar-refractivity contribution is -0.123. The molecule has 0 unspecified atom stereocenters. The standard InChI is InChI=1S/C32H44ClN3O6/c1-6-36(19-10-8-7-9-11-19)16-18-14-23(37)25-20(26(18)33)12-17-13-22-27(35(2)3)28(38)21(31(34)40)15-32(22,42-5)30(41-4)24(17)29(25)39/h14,17,19,22,27,37-38H,6-13,15-16H2,1-5H3,(H2,34,40)/t17-,22-,27-,32-/m0/s1. The van der Waals surface area contributed by atoms with E-state index >= 15 is 0 Å². The fourth-order valence-electron chi connectivity index (χ4n) is 8.27. The fourth-order valence-corrected chi connectivity index (χ4v) is 8.55. The van der Waals surface area contributed by atoms with Crippen molar-refractivity contribution in [3.8, 4) is 5.75 Å². The Hall–Kier alpha value is -2.59. The van der Waals surface area contributed by atoms with Crippen LogP contribution < -0.4 is 5.73 Å². The number of likely N-dealkylation sites (N-methyl/N-ethyl adjacent to an activating group) is 1. The second-order valence-corrected chi connectivity index (χ2v) is 12.9. The summed E-state index contributed by atoms with van der Waals surface area (Å²) < 4.78 is 12.1. The molecule has 10 heteroatoms. The van der Waals surface area contributed by atoms with E-state index in [1.807, 2.05) is 19.0 Å². The number of aromatic hydroxyl groups is 1. The maximum absolute atomic E-state index is 14.3. The first-order valence-electron chi connectivity index (χ1n) is 15.0. The van der Waals surface area contributed by atoms with Gasteiger partial charge in [0.1, 0.15) is 22.9 Å². The van der Waals surface area contributed by atoms with Crippen molar-refractivity contribution in [2.45, 2.75) is 82.5 Å². The van der Waals surface area contributed by atoms with Gasteiger partial charge in [-0.3, -0.25) is 19.4 Å². The number of phenolic OH excluding ortho intramolecular Hbond substituents is 1. The number of fused-ring (bicyclic) bond motifs is 3. The summed E-state index contributed by atoms with van der Waals surface area (Å²) in [6.45, 7) is 3.64. The van der Waals surface area contributed by atoms with Gasteiger partial charge in [0.25, 0.3) is 0 Å². The average Bonchev–Trinajstić information content (AvgIpc) is 2.96. The van der Waals surface area contributed by atoms with Crippen LogP contribution in [-0.4, -0.2) is 84.2 Å². The Morgan fingerprint density at radius 2 is 1.88 bits per heavy atom. The largest absolute Gasteiger partial charge is 0.510 e. The summed E-state index contributed by atoms with van der Waals surface area (Å²) in [6.07, 6.45) is 6.92. The molecule has 5 rings (SSSR count). The minimum absolute atomic E-state index is 0.0289. The van der Waals surface area contributed by atoms with Gasteiger partial charge < -0.3 is 25.4 Å². The molecule has 42 heavy (non-hydrogen) atoms. The molecule has 0 bridgehead atoms. The number of hydrogen-bond donors (Lipinski definition) is 3. The molecular weight excluding hydrogens is 558 g/mol. The highest BCUT2D eigenvalue weighted by Gasteiger charge is 2.60. The van der Waals surface area contributed by atoms with Gasteiger partial charge in [0.2, 0.25) is 5.91 Å². The topological polar surface area (TPSA) is 126 Å². The van der Waals surface area contributed by atoms with Crippen molar-refractivity contribution >= 4 is 23.3 Å². The Morgan fingerprint density at radius 1 is 1.19 bits per heavy atom. The summed E-state index contributed by atoms with van der Waals surface area (Å²) in [5, 5.41) is 23.0. The number of Topliss-reactive ketones (excluding diaryl/α,β-unsaturated/α-hetero) is 1. The second kappa shape index (κ2) is 11.8. The van der Waals surface area contributed by atoms with Gasteiger partial charge in [-0.25, -0.2) is 0 Å². The van der Waals surface area contributed by atoms with E-state index in [4.69, 9.17) is 26.8 Å². The Labute approximate surface area is 253 Å². The molecule has 4 aliphatic rings. The fraction of sp³-hybridized carbons (Fsp3) is 0.625. The number of rotatable bonds is 8. The van der Waals surface area contributed by atoms with Crippen molar-refractivity contribution in [1.82, 2.24) is 9.80 Å². The smallest absolute Gasteiger partial charge is 0.248 e. The molecule has 0 radical (unpaired) electrons. The number of allylic oxidation sites excluding steroid dienone is 1. The molecule has 1 saturated carbocycles. The maximum atomic E-state index is 14.3. The maximum Gasteiger partial charge on any atom is 0.248 e. The summed E-state index contributed by atoms with van der Waals surface area (Å²) in [7, 11) is 6.66. The van der Waals surface area contributed by atoms with Gasteiger partial charge >= 0.3 is 0 Å². The number of hydrogen-bond acceptors (Lipinski definition) is 8. The number of benzene rings is 1. The van der Waals surface area contributed by atoms with E-state index in [9.17, 15) is 19.8 Å². The number of aliphatic hydroxyl groups excluding tert-OH is 1. The summed E-state index contributed by atoms with van der Waals surface area (Å²) in [5.41, 5.74) is 6.64. The van der Waals surface area contributed by atoms with Crippen LogP contribution in [0.5, 0.6) is 5.75 Å². The first kappa shape index (κ1) is 30.9. The number of nitrogens with two attached hydrogens (primary N) is 1. The molecule has 1 amide bonds. The van der Waals surface area contributed by atoms with Crippen LogP contribution in [0.1, 0.15) is 73.4 Å². The molecule has 230 valence electrons. The van der Waals surface area contributed by atoms with Gasteiger partial charge in [0.15, 0.2) is 5.78 Å². The van der Waals surface area contributed by atoms with E-state index in [2.05, 4.69) is 11.8 Å². The molecule has 0 spiro atoms. The highest BCUT2D eigenvalue weighted by Crippen LogP contribution is 2.56. The van der Waals surface area contributed by atoms with Crippen molar-refractivity contribution in [2.24, 2.45) is 17.6 Å². The van der Waals surface area contributed by atoms with Crippen LogP contribution in [0.15, 0.2) is 28.7 Å². The summed E-state index contributed by atoms with van der Waals surface area (Å²) in [4.78, 5) is 31.0. The number of halogens is 1. The third kappa shape index (κ3) is 4.82. The van der Waals surface area contributed by atoms with E-state index < -0.39 is 17.6 Å². The summed E-state index contributed by atoms with van der Waals surface area (Å²) in [6, 6.07) is 1.54. The number of carbonyl (C=O) groups excluding carboxylic acids is 2. The van der Waals surface area contributed by atoms with Crippen LogP contribution in [0.2, 0.25) is 5.02 Å². The van der Waals surface area contributed by atoms with Gasteiger partial charge in [-0.15, -0.1) is 0 Å². The predicted molar refractivity (Wildman–Crippen MR) is 160 cm³/mol. The first-order chi connectivity index (χ1) is 20.0. The summed E-state index contributed by atoms with van der Waals surface area (Å²) >= 11 is 7.08. The molecular formula is C32H44ClN3O6. The third-order valence-corrected chi connectivity index (χ3v) is 10.7. The van der Waals surface area contributed by atoms with Crippen LogP contribution >= 0.6 is 11.6 Å². The quantitative estimate of drug-likeness (QED) is 0.398. The number of phenols is 1. The van der Waals surface area contributed by atoms with Crippen molar-refractivity contribution < 1.29 is 29.3 Å². The molecule has 1 aromatic carbocycles. The van der Waals surface area contributed by atoms with Crippen molar-refractivity contribution in [3.63, 3.8) is 0 Å². The number of aliphatic hydroxyl groups is 1. The zero-order chi connectivity index (χ0) is 30.5. The number of methoxy groups -OCH3 is 2. The number of carbonyl (C=O) groups is 2. The monoisotopic (exact) mass is 601 g/mol. The van der Waals surface area contributed by atoms with Crippen molar-refractivity contribution in [2.75, 3.05) is 34.9 Å². The minimum Gasteiger partial charge on any atom is -0.510 e. The van der Waals surface area contributed by atoms with Crippen LogP contribution in [0.25, 0.3) is 0 Å². The lowest BCUT2D eigenvalue weighted by Crippen LogP contribution is -2.60. The summed E-state index contributed by atoms with van der Waals surface area (Å²) in [5.74, 6) is -1.58. The highest BCUT2D eigenvalue weighted by atomic mass is 35.5. The zero-order valence-electron chi connectivity index (χ0n) is 25.3. The minimum atomic E-state index is -1.21. The molecule has 9 nitrogen and oxygen atoms in total. The average molecular weight is 602 g/mol. The molecule has 0 aliphatic heterocycles. The lowest BCUT2D eigenvalue weighted by atomic mass is 9.59. The number of ether oxygens (including phenoxy) is 2. The van der Waals surface area contributed by atoms with Crippen LogP contribution in [0, 0.1) is 11.8 Å². The van der Waals surface area contributed by atoms with E-state index in [1.54, 1.807) is 6.07 Å². The van der Waals surface area contributed by atoms with Crippen LogP contribution in [0.3, 0.4) is 0 Å². The Morgan fingerprint density at radius 3 is 2.45 bits per heavy atom.